The molecule has 0 radical (unpaired) electrons. The molecule has 3 nitrogen and oxygen atoms in total. The van der Waals surface area contributed by atoms with Crippen LogP contribution in [0.25, 0.3) is 0 Å². The topological polar surface area (TPSA) is 32.3 Å². The van der Waals surface area contributed by atoms with Gasteiger partial charge in [-0.1, -0.05) is 42.6 Å². The maximum absolute atomic E-state index is 13.1. The van der Waals surface area contributed by atoms with Crippen LogP contribution < -0.4 is 5.32 Å². The molecule has 4 heteroatoms. The van der Waals surface area contributed by atoms with E-state index in [0.29, 0.717) is 23.7 Å². The lowest BCUT2D eigenvalue weighted by atomic mass is 10.0. The molecule has 0 bridgehead atoms. The zero-order valence-corrected chi connectivity index (χ0v) is 13.6. The molecule has 3 aliphatic rings. The van der Waals surface area contributed by atoms with Crippen LogP contribution in [0.2, 0.25) is 5.02 Å². The lowest BCUT2D eigenvalue weighted by molar-refractivity contribution is -0.136. The first-order chi connectivity index (χ1) is 10.8. The van der Waals surface area contributed by atoms with Crippen LogP contribution in [0.5, 0.6) is 0 Å². The van der Waals surface area contributed by atoms with Gasteiger partial charge in [0.25, 0.3) is 0 Å². The summed E-state index contributed by atoms with van der Waals surface area (Å²) in [4.78, 5) is 15.2. The number of rotatable bonds is 2. The van der Waals surface area contributed by atoms with Gasteiger partial charge in [0.05, 0.1) is 6.04 Å². The molecule has 1 saturated heterocycles. The molecule has 0 aromatic heterocycles. The predicted octanol–water partition coefficient (Wildman–Crippen LogP) is 3.25. The lowest BCUT2D eigenvalue weighted by Crippen LogP contribution is -2.49. The van der Waals surface area contributed by atoms with Gasteiger partial charge in [0.1, 0.15) is 0 Å². The SMILES string of the molecule is O=C(C1C2CCCCC21)N1CCNCC1c1ccccc1Cl. The Bertz CT molecular complexity index is 564. The maximum Gasteiger partial charge on any atom is 0.226 e. The average Bonchev–Trinajstić information content (AvgIpc) is 3.29. The van der Waals surface area contributed by atoms with E-state index in [-0.39, 0.29) is 6.04 Å². The van der Waals surface area contributed by atoms with Crippen LogP contribution >= 0.6 is 11.6 Å². The van der Waals surface area contributed by atoms with Gasteiger partial charge in [0.15, 0.2) is 0 Å². The summed E-state index contributed by atoms with van der Waals surface area (Å²) in [5.74, 6) is 2.01. The van der Waals surface area contributed by atoms with Crippen LogP contribution in [0.15, 0.2) is 24.3 Å². The lowest BCUT2D eigenvalue weighted by Gasteiger charge is -2.37. The van der Waals surface area contributed by atoms with Gasteiger partial charge >= 0.3 is 0 Å². The van der Waals surface area contributed by atoms with E-state index in [1.807, 2.05) is 18.2 Å². The van der Waals surface area contributed by atoms with E-state index in [0.717, 1.165) is 30.2 Å². The minimum absolute atomic E-state index is 0.0811. The fourth-order valence-electron chi connectivity index (χ4n) is 4.54. The molecule has 118 valence electrons. The van der Waals surface area contributed by atoms with Crippen molar-refractivity contribution in [3.63, 3.8) is 0 Å². The summed E-state index contributed by atoms with van der Waals surface area (Å²) in [6.45, 7) is 2.48. The Morgan fingerprint density at radius 2 is 1.91 bits per heavy atom. The van der Waals surface area contributed by atoms with Crippen LogP contribution in [-0.4, -0.2) is 30.4 Å². The summed E-state index contributed by atoms with van der Waals surface area (Å²) < 4.78 is 0. The average molecular weight is 319 g/mol. The van der Waals surface area contributed by atoms with E-state index in [4.69, 9.17) is 11.6 Å². The van der Waals surface area contributed by atoms with Gasteiger partial charge in [-0.3, -0.25) is 4.79 Å². The number of carbonyl (C=O) groups excluding carboxylic acids is 1. The fraction of sp³-hybridized carbons (Fsp3) is 0.611. The Morgan fingerprint density at radius 3 is 2.64 bits per heavy atom. The molecule has 3 atom stereocenters. The molecule has 1 heterocycles. The van der Waals surface area contributed by atoms with Crippen LogP contribution in [0, 0.1) is 17.8 Å². The summed E-state index contributed by atoms with van der Waals surface area (Å²) in [7, 11) is 0. The summed E-state index contributed by atoms with van der Waals surface area (Å²) in [5.41, 5.74) is 1.08. The first-order valence-corrected chi connectivity index (χ1v) is 8.91. The van der Waals surface area contributed by atoms with E-state index in [9.17, 15) is 4.79 Å². The number of amides is 1. The second-order valence-electron chi connectivity index (χ2n) is 6.91. The number of nitrogens with one attached hydrogen (secondary N) is 1. The Morgan fingerprint density at radius 1 is 1.18 bits per heavy atom. The van der Waals surface area contributed by atoms with E-state index >= 15 is 0 Å². The minimum Gasteiger partial charge on any atom is -0.333 e. The standard InChI is InChI=1S/C18H23ClN2O/c19-15-8-4-3-7-14(15)16-11-20-9-10-21(16)18(22)17-12-5-1-2-6-13(12)17/h3-4,7-8,12-13,16-17,20H,1-2,5-6,9-11H2. The Kier molecular flexibility index (Phi) is 3.87. The van der Waals surface area contributed by atoms with Crippen molar-refractivity contribution < 1.29 is 4.79 Å². The molecule has 1 aromatic carbocycles. The normalized spacial score (nSPS) is 34.1. The molecule has 1 amide bonds. The molecular formula is C18H23ClN2O. The van der Waals surface area contributed by atoms with E-state index in [1.165, 1.54) is 25.7 Å². The zero-order valence-electron chi connectivity index (χ0n) is 12.8. The largest absolute Gasteiger partial charge is 0.333 e. The van der Waals surface area contributed by atoms with Crippen molar-refractivity contribution in [1.29, 1.82) is 0 Å². The smallest absolute Gasteiger partial charge is 0.226 e. The van der Waals surface area contributed by atoms with Gasteiger partial charge in [-0.05, 0) is 36.3 Å². The van der Waals surface area contributed by atoms with Crippen molar-refractivity contribution in [3.8, 4) is 0 Å². The number of hydrogen-bond acceptors (Lipinski definition) is 2. The number of nitrogens with zero attached hydrogens (tertiary/aromatic N) is 1. The number of fused-ring (bicyclic) bond motifs is 1. The summed E-state index contributed by atoms with van der Waals surface area (Å²) in [5, 5.41) is 4.18. The highest BCUT2D eigenvalue weighted by Crippen LogP contribution is 2.56. The van der Waals surface area contributed by atoms with Crippen molar-refractivity contribution in [2.75, 3.05) is 19.6 Å². The second kappa shape index (κ2) is 5.86. The minimum atomic E-state index is 0.0811. The van der Waals surface area contributed by atoms with Gasteiger partial charge in [-0.15, -0.1) is 0 Å². The van der Waals surface area contributed by atoms with Crippen molar-refractivity contribution in [2.24, 2.45) is 17.8 Å². The summed E-state index contributed by atoms with van der Waals surface area (Å²) in [6.07, 6.45) is 5.12. The molecule has 1 aromatic rings. The first-order valence-electron chi connectivity index (χ1n) is 8.53. The third-order valence-electron chi connectivity index (χ3n) is 5.73. The van der Waals surface area contributed by atoms with Crippen LogP contribution in [0.1, 0.15) is 37.3 Å². The maximum atomic E-state index is 13.1. The first kappa shape index (κ1) is 14.5. The van der Waals surface area contributed by atoms with Gasteiger partial charge in [-0.25, -0.2) is 0 Å². The van der Waals surface area contributed by atoms with Crippen LogP contribution in [-0.2, 0) is 4.79 Å². The quantitative estimate of drug-likeness (QED) is 0.908. The molecular weight excluding hydrogens is 296 g/mol. The third-order valence-corrected chi connectivity index (χ3v) is 6.08. The summed E-state index contributed by atoms with van der Waals surface area (Å²) in [6, 6.07) is 8.02. The van der Waals surface area contributed by atoms with Crippen molar-refractivity contribution >= 4 is 17.5 Å². The van der Waals surface area contributed by atoms with Crippen molar-refractivity contribution in [3.05, 3.63) is 34.9 Å². The highest BCUT2D eigenvalue weighted by atomic mass is 35.5. The molecule has 1 N–H and O–H groups in total. The third kappa shape index (κ3) is 2.44. The highest BCUT2D eigenvalue weighted by Gasteiger charge is 2.56. The van der Waals surface area contributed by atoms with E-state index in [1.54, 1.807) is 0 Å². The molecule has 3 unspecified atom stereocenters. The number of benzene rings is 1. The van der Waals surface area contributed by atoms with Gasteiger partial charge in [-0.2, -0.15) is 0 Å². The molecule has 2 aliphatic carbocycles. The number of carbonyl (C=O) groups is 1. The zero-order chi connectivity index (χ0) is 15.1. The second-order valence-corrected chi connectivity index (χ2v) is 7.32. The Hall–Kier alpha value is -1.06. The van der Waals surface area contributed by atoms with Crippen molar-refractivity contribution in [2.45, 2.75) is 31.7 Å². The highest BCUT2D eigenvalue weighted by molar-refractivity contribution is 6.31. The Labute approximate surface area is 137 Å². The molecule has 2 saturated carbocycles. The predicted molar refractivity (Wildman–Crippen MR) is 87.7 cm³/mol. The summed E-state index contributed by atoms with van der Waals surface area (Å²) >= 11 is 6.38. The number of piperazine rings is 1. The van der Waals surface area contributed by atoms with Crippen LogP contribution in [0.4, 0.5) is 0 Å². The number of halogens is 1. The van der Waals surface area contributed by atoms with Gasteiger partial charge in [0.2, 0.25) is 5.91 Å². The van der Waals surface area contributed by atoms with E-state index < -0.39 is 0 Å². The van der Waals surface area contributed by atoms with Gasteiger partial charge < -0.3 is 10.2 Å². The fourth-order valence-corrected chi connectivity index (χ4v) is 4.80. The van der Waals surface area contributed by atoms with E-state index in [2.05, 4.69) is 16.3 Å². The van der Waals surface area contributed by atoms with Crippen LogP contribution in [0.3, 0.4) is 0 Å². The van der Waals surface area contributed by atoms with Crippen molar-refractivity contribution in [1.82, 2.24) is 10.2 Å². The molecule has 22 heavy (non-hydrogen) atoms. The molecule has 3 fully saturated rings. The van der Waals surface area contributed by atoms with Gasteiger partial charge in [0, 0.05) is 30.6 Å². The monoisotopic (exact) mass is 318 g/mol. The molecule has 1 aliphatic heterocycles. The molecule has 0 spiro atoms. The molecule has 4 rings (SSSR count). The Balaban J connectivity index is 1.56. The number of hydrogen-bond donors (Lipinski definition) is 1.